The van der Waals surface area contributed by atoms with E-state index in [2.05, 4.69) is 65.5 Å². The van der Waals surface area contributed by atoms with Gasteiger partial charge in [-0.3, -0.25) is 0 Å². The maximum atomic E-state index is 4.54. The quantitative estimate of drug-likeness (QED) is 0.594. The second-order valence-corrected chi connectivity index (χ2v) is 7.39. The van der Waals surface area contributed by atoms with Gasteiger partial charge in [0, 0.05) is 20.9 Å². The van der Waals surface area contributed by atoms with E-state index in [0.717, 1.165) is 30.7 Å². The summed E-state index contributed by atoms with van der Waals surface area (Å²) in [6, 6.07) is 8.06. The van der Waals surface area contributed by atoms with Crippen LogP contribution in [0.1, 0.15) is 4.88 Å². The van der Waals surface area contributed by atoms with Gasteiger partial charge in [-0.2, -0.15) is 4.98 Å². The molecule has 0 saturated heterocycles. The van der Waals surface area contributed by atoms with Crippen molar-refractivity contribution in [1.29, 1.82) is 0 Å². The molecule has 21 heavy (non-hydrogen) atoms. The summed E-state index contributed by atoms with van der Waals surface area (Å²) in [6.07, 6.45) is 0. The molecular formula is C14H12Br2N4S. The highest BCUT2D eigenvalue weighted by Crippen LogP contribution is 2.36. The first-order chi connectivity index (χ1) is 10.1. The molecule has 108 valence electrons. The maximum absolute atomic E-state index is 4.54. The van der Waals surface area contributed by atoms with Gasteiger partial charge in [-0.1, -0.05) is 6.07 Å². The highest BCUT2D eigenvalue weighted by Gasteiger charge is 2.13. The van der Waals surface area contributed by atoms with Crippen LogP contribution >= 0.6 is 43.2 Å². The molecule has 0 atom stereocenters. The molecule has 3 rings (SSSR count). The Balaban J connectivity index is 2.15. The van der Waals surface area contributed by atoms with E-state index in [1.54, 1.807) is 11.3 Å². The minimum Gasteiger partial charge on any atom is -0.357 e. The van der Waals surface area contributed by atoms with Crippen LogP contribution in [0.15, 0.2) is 33.2 Å². The summed E-state index contributed by atoms with van der Waals surface area (Å²) in [4.78, 5) is 11.2. The van der Waals surface area contributed by atoms with Crippen LogP contribution in [0, 0.1) is 6.92 Å². The van der Waals surface area contributed by atoms with Crippen molar-refractivity contribution in [3.63, 3.8) is 0 Å². The number of rotatable bonds is 3. The van der Waals surface area contributed by atoms with Crippen LogP contribution < -0.4 is 10.6 Å². The largest absolute Gasteiger partial charge is 0.357 e. The Hall–Kier alpha value is -1.18. The molecule has 0 aliphatic rings. The molecule has 2 aromatic heterocycles. The first-order valence-electron chi connectivity index (χ1n) is 6.25. The van der Waals surface area contributed by atoms with Gasteiger partial charge in [0.2, 0.25) is 5.95 Å². The molecule has 0 aliphatic carbocycles. The van der Waals surface area contributed by atoms with Crippen LogP contribution in [0.3, 0.4) is 0 Å². The Morgan fingerprint density at radius 3 is 2.52 bits per heavy atom. The molecule has 3 aromatic rings. The van der Waals surface area contributed by atoms with Gasteiger partial charge in [0.05, 0.1) is 11.1 Å². The van der Waals surface area contributed by atoms with Crippen molar-refractivity contribution in [2.24, 2.45) is 0 Å². The van der Waals surface area contributed by atoms with Crippen molar-refractivity contribution < 1.29 is 0 Å². The third kappa shape index (κ3) is 2.90. The number of thiophene rings is 1. The molecule has 2 heterocycles. The lowest BCUT2D eigenvalue weighted by Gasteiger charge is -2.11. The highest BCUT2D eigenvalue weighted by atomic mass is 79.9. The molecule has 0 spiro atoms. The second-order valence-electron chi connectivity index (χ2n) is 4.44. The number of aryl methyl sites for hydroxylation is 1. The molecule has 0 saturated carbocycles. The minimum atomic E-state index is 0.607. The predicted molar refractivity (Wildman–Crippen MR) is 96.8 cm³/mol. The van der Waals surface area contributed by atoms with Crippen molar-refractivity contribution in [3.8, 4) is 0 Å². The Morgan fingerprint density at radius 1 is 1.14 bits per heavy atom. The summed E-state index contributed by atoms with van der Waals surface area (Å²) in [5.41, 5.74) is 0.948. The van der Waals surface area contributed by atoms with Crippen molar-refractivity contribution in [2.45, 2.75) is 6.92 Å². The van der Waals surface area contributed by atoms with Crippen molar-refractivity contribution in [1.82, 2.24) is 9.97 Å². The van der Waals surface area contributed by atoms with E-state index < -0.39 is 0 Å². The molecule has 0 unspecified atom stereocenters. The first-order valence-corrected chi connectivity index (χ1v) is 8.65. The Bertz CT molecular complexity index is 796. The van der Waals surface area contributed by atoms with Gasteiger partial charge in [-0.15, -0.1) is 11.3 Å². The zero-order chi connectivity index (χ0) is 15.0. The zero-order valence-electron chi connectivity index (χ0n) is 11.4. The summed E-state index contributed by atoms with van der Waals surface area (Å²) >= 11 is 8.78. The molecule has 4 nitrogen and oxygen atoms in total. The number of para-hydroxylation sites is 1. The third-order valence-corrected chi connectivity index (χ3v) is 5.21. The normalized spacial score (nSPS) is 10.9. The number of aromatic nitrogens is 2. The Labute approximate surface area is 143 Å². The number of halogens is 2. The molecule has 7 heteroatoms. The average molecular weight is 428 g/mol. The van der Waals surface area contributed by atoms with E-state index in [1.165, 1.54) is 4.88 Å². The van der Waals surface area contributed by atoms with Crippen LogP contribution in [0.5, 0.6) is 0 Å². The fourth-order valence-corrected chi connectivity index (χ4v) is 4.06. The monoisotopic (exact) mass is 426 g/mol. The van der Waals surface area contributed by atoms with E-state index in [9.17, 15) is 0 Å². The number of fused-ring (bicyclic) bond motifs is 1. The van der Waals surface area contributed by atoms with E-state index in [-0.39, 0.29) is 0 Å². The molecule has 0 radical (unpaired) electrons. The fourth-order valence-electron chi connectivity index (χ4n) is 1.98. The number of hydrogen-bond acceptors (Lipinski definition) is 5. The fraction of sp³-hybridized carbons (Fsp3) is 0.143. The Morgan fingerprint density at radius 2 is 1.86 bits per heavy atom. The van der Waals surface area contributed by atoms with Gasteiger partial charge in [0.25, 0.3) is 0 Å². The third-order valence-electron chi connectivity index (χ3n) is 2.95. The molecule has 2 N–H and O–H groups in total. The van der Waals surface area contributed by atoms with Crippen LogP contribution in [0.2, 0.25) is 0 Å². The van der Waals surface area contributed by atoms with Gasteiger partial charge >= 0.3 is 0 Å². The summed E-state index contributed by atoms with van der Waals surface area (Å²) in [5.74, 6) is 1.40. The molecule has 1 aromatic carbocycles. The van der Waals surface area contributed by atoms with Crippen molar-refractivity contribution in [3.05, 3.63) is 38.1 Å². The van der Waals surface area contributed by atoms with Gasteiger partial charge in [0.1, 0.15) is 10.6 Å². The summed E-state index contributed by atoms with van der Waals surface area (Å²) in [6.45, 7) is 2.07. The number of hydrogen-bond donors (Lipinski definition) is 2. The lowest BCUT2D eigenvalue weighted by molar-refractivity contribution is 1.20. The maximum Gasteiger partial charge on any atom is 0.225 e. The van der Waals surface area contributed by atoms with E-state index in [0.29, 0.717) is 5.95 Å². The Kier molecular flexibility index (Phi) is 4.14. The molecule has 0 fully saturated rings. The van der Waals surface area contributed by atoms with Crippen molar-refractivity contribution >= 4 is 70.9 Å². The number of anilines is 3. The average Bonchev–Trinajstić information content (AvgIpc) is 2.83. The van der Waals surface area contributed by atoms with Crippen LogP contribution in [0.25, 0.3) is 10.2 Å². The minimum absolute atomic E-state index is 0.607. The lowest BCUT2D eigenvalue weighted by atomic mass is 10.3. The molecular weight excluding hydrogens is 416 g/mol. The van der Waals surface area contributed by atoms with Crippen molar-refractivity contribution in [2.75, 3.05) is 17.7 Å². The number of nitrogens with one attached hydrogen (secondary N) is 2. The van der Waals surface area contributed by atoms with Gasteiger partial charge in [-0.25, -0.2) is 4.98 Å². The second kappa shape index (κ2) is 5.90. The molecule has 0 amide bonds. The van der Waals surface area contributed by atoms with E-state index in [4.69, 9.17) is 0 Å². The van der Waals surface area contributed by atoms with Crippen LogP contribution in [-0.4, -0.2) is 17.0 Å². The predicted octanol–water partition coefficient (Wildman–Crippen LogP) is 5.31. The van der Waals surface area contributed by atoms with Gasteiger partial charge in [-0.05, 0) is 57.0 Å². The molecule has 0 bridgehead atoms. The summed E-state index contributed by atoms with van der Waals surface area (Å²) < 4.78 is 1.95. The SMILES string of the molecule is CNc1nc(Nc2c(Br)cccc2Br)c2cc(C)sc2n1. The van der Waals surface area contributed by atoms with Crippen LogP contribution in [0.4, 0.5) is 17.5 Å². The summed E-state index contributed by atoms with van der Waals surface area (Å²) in [5, 5.41) is 7.43. The van der Waals surface area contributed by atoms with Crippen LogP contribution in [-0.2, 0) is 0 Å². The highest BCUT2D eigenvalue weighted by molar-refractivity contribution is 9.11. The number of nitrogens with zero attached hydrogens (tertiary/aromatic N) is 2. The summed E-state index contributed by atoms with van der Waals surface area (Å²) in [7, 11) is 1.82. The first kappa shape index (κ1) is 14.7. The van der Waals surface area contributed by atoms with E-state index in [1.807, 2.05) is 25.2 Å². The standard InChI is InChI=1S/C14H12Br2N4S/c1-7-6-8-12(19-14(17-2)20-13(8)21-7)18-11-9(15)4-3-5-10(11)16/h3-6H,1-2H3,(H2,17,18,19,20). The van der Waals surface area contributed by atoms with Gasteiger partial charge < -0.3 is 10.6 Å². The lowest BCUT2D eigenvalue weighted by Crippen LogP contribution is -2.01. The zero-order valence-corrected chi connectivity index (χ0v) is 15.4. The number of benzene rings is 1. The molecule has 0 aliphatic heterocycles. The topological polar surface area (TPSA) is 49.8 Å². The van der Waals surface area contributed by atoms with E-state index >= 15 is 0 Å². The smallest absolute Gasteiger partial charge is 0.225 e. The van der Waals surface area contributed by atoms with Gasteiger partial charge in [0.15, 0.2) is 0 Å².